The molecule has 1 aliphatic carbocycles. The van der Waals surface area contributed by atoms with Crippen LogP contribution in [0.25, 0.3) is 0 Å². The van der Waals surface area contributed by atoms with Crippen molar-refractivity contribution < 1.29 is 10.0 Å². The largest absolute Gasteiger partial charge is 0.387 e. The molecule has 0 bridgehead atoms. The van der Waals surface area contributed by atoms with Gasteiger partial charge in [-0.25, -0.2) is 0 Å². The summed E-state index contributed by atoms with van der Waals surface area (Å²) in [5.41, 5.74) is 0.755. The number of nitrogens with zero attached hydrogens (tertiary/aromatic N) is 1. The van der Waals surface area contributed by atoms with Crippen LogP contribution < -0.4 is 5.32 Å². The van der Waals surface area contributed by atoms with Crippen LogP contribution in [0.5, 0.6) is 0 Å². The lowest BCUT2D eigenvalue weighted by molar-refractivity contribution is -0.384. The normalized spacial score (nSPS) is 18.6. The predicted octanol–water partition coefficient (Wildman–Crippen LogP) is 2.41. The predicted molar refractivity (Wildman–Crippen MR) is 72.9 cm³/mol. The Labute approximate surface area is 112 Å². The maximum Gasteiger partial charge on any atom is 0.269 e. The van der Waals surface area contributed by atoms with E-state index >= 15 is 0 Å². The van der Waals surface area contributed by atoms with Crippen LogP contribution in [0.1, 0.15) is 37.9 Å². The van der Waals surface area contributed by atoms with Gasteiger partial charge in [-0.05, 0) is 43.4 Å². The Morgan fingerprint density at radius 3 is 2.53 bits per heavy atom. The Bertz CT molecular complexity index is 429. The summed E-state index contributed by atoms with van der Waals surface area (Å²) in [6.07, 6.45) is 3.22. The Balaban J connectivity index is 1.84. The van der Waals surface area contributed by atoms with Crippen molar-refractivity contribution in [3.63, 3.8) is 0 Å². The van der Waals surface area contributed by atoms with Crippen LogP contribution >= 0.6 is 0 Å². The van der Waals surface area contributed by atoms with Gasteiger partial charge in [0, 0.05) is 24.7 Å². The number of non-ortho nitro benzene ring substituents is 1. The van der Waals surface area contributed by atoms with Gasteiger partial charge in [0.1, 0.15) is 0 Å². The van der Waals surface area contributed by atoms with Crippen molar-refractivity contribution in [3.05, 3.63) is 39.9 Å². The third-order valence-electron chi connectivity index (χ3n) is 3.98. The van der Waals surface area contributed by atoms with E-state index in [0.29, 0.717) is 18.2 Å². The number of nitrogens with one attached hydrogen (secondary N) is 1. The molecule has 0 aliphatic heterocycles. The molecule has 2 unspecified atom stereocenters. The topological polar surface area (TPSA) is 75.4 Å². The molecule has 1 aliphatic rings. The van der Waals surface area contributed by atoms with E-state index in [4.69, 9.17) is 0 Å². The van der Waals surface area contributed by atoms with Gasteiger partial charge in [-0.2, -0.15) is 0 Å². The van der Waals surface area contributed by atoms with Crippen LogP contribution in [-0.4, -0.2) is 22.6 Å². The van der Waals surface area contributed by atoms with Gasteiger partial charge >= 0.3 is 0 Å². The molecule has 2 N–H and O–H groups in total. The SMILES string of the molecule is CC(NCC(O)c1ccc([N+](=O)[O-])cc1)C1CCC1. The van der Waals surface area contributed by atoms with Crippen LogP contribution in [0.3, 0.4) is 0 Å². The average Bonchev–Trinajstić information content (AvgIpc) is 2.34. The van der Waals surface area contributed by atoms with Crippen molar-refractivity contribution in [2.24, 2.45) is 5.92 Å². The van der Waals surface area contributed by atoms with Crippen LogP contribution in [0.15, 0.2) is 24.3 Å². The highest BCUT2D eigenvalue weighted by atomic mass is 16.6. The molecule has 5 heteroatoms. The molecule has 2 rings (SSSR count). The maximum atomic E-state index is 10.5. The molecule has 1 saturated carbocycles. The van der Waals surface area contributed by atoms with E-state index in [1.807, 2.05) is 0 Å². The molecule has 0 aromatic heterocycles. The number of aliphatic hydroxyl groups excluding tert-OH is 1. The second kappa shape index (κ2) is 6.12. The first-order valence-corrected chi connectivity index (χ1v) is 6.73. The van der Waals surface area contributed by atoms with E-state index < -0.39 is 11.0 Å². The van der Waals surface area contributed by atoms with Crippen LogP contribution in [0.2, 0.25) is 0 Å². The zero-order valence-corrected chi connectivity index (χ0v) is 11.1. The van der Waals surface area contributed by atoms with Gasteiger partial charge in [0.2, 0.25) is 0 Å². The number of nitro groups is 1. The fourth-order valence-corrected chi connectivity index (χ4v) is 2.34. The molecule has 5 nitrogen and oxygen atoms in total. The van der Waals surface area contributed by atoms with Gasteiger partial charge < -0.3 is 10.4 Å². The minimum absolute atomic E-state index is 0.0479. The van der Waals surface area contributed by atoms with Gasteiger partial charge in [-0.3, -0.25) is 10.1 Å². The summed E-state index contributed by atoms with van der Waals surface area (Å²) in [7, 11) is 0. The number of aliphatic hydroxyl groups is 1. The summed E-state index contributed by atoms with van der Waals surface area (Å²) in [5, 5.41) is 23.9. The van der Waals surface area contributed by atoms with Gasteiger partial charge in [0.25, 0.3) is 5.69 Å². The molecular weight excluding hydrogens is 244 g/mol. The van der Waals surface area contributed by atoms with Crippen molar-refractivity contribution in [3.8, 4) is 0 Å². The zero-order chi connectivity index (χ0) is 13.8. The fourth-order valence-electron chi connectivity index (χ4n) is 2.34. The zero-order valence-electron chi connectivity index (χ0n) is 11.1. The molecular formula is C14H20N2O3. The first kappa shape index (κ1) is 14.0. The summed E-state index contributed by atoms with van der Waals surface area (Å²) in [6.45, 7) is 2.63. The second-order valence-electron chi connectivity index (χ2n) is 5.25. The summed E-state index contributed by atoms with van der Waals surface area (Å²) in [4.78, 5) is 10.1. The highest BCUT2D eigenvalue weighted by Gasteiger charge is 2.24. The second-order valence-corrected chi connectivity index (χ2v) is 5.25. The monoisotopic (exact) mass is 264 g/mol. The molecule has 1 aromatic rings. The summed E-state index contributed by atoms with van der Waals surface area (Å²) in [6, 6.07) is 6.49. The van der Waals surface area contributed by atoms with Gasteiger partial charge in [-0.1, -0.05) is 6.42 Å². The van der Waals surface area contributed by atoms with E-state index in [1.165, 1.54) is 31.4 Å². The third-order valence-corrected chi connectivity index (χ3v) is 3.98. The Kier molecular flexibility index (Phi) is 4.50. The number of nitro benzene ring substituents is 1. The molecule has 0 amide bonds. The first-order chi connectivity index (χ1) is 9.08. The average molecular weight is 264 g/mol. The van der Waals surface area contributed by atoms with E-state index in [2.05, 4.69) is 12.2 Å². The van der Waals surface area contributed by atoms with Crippen molar-refractivity contribution in [2.45, 2.75) is 38.3 Å². The lowest BCUT2D eigenvalue weighted by atomic mass is 9.80. The number of hydrogen-bond donors (Lipinski definition) is 2. The van der Waals surface area contributed by atoms with Crippen molar-refractivity contribution >= 4 is 5.69 Å². The third kappa shape index (κ3) is 3.52. The number of hydrogen-bond acceptors (Lipinski definition) is 4. The van der Waals surface area contributed by atoms with Gasteiger partial charge in [0.15, 0.2) is 0 Å². The molecule has 1 aromatic carbocycles. The summed E-state index contributed by atoms with van der Waals surface area (Å²) >= 11 is 0. The van der Waals surface area contributed by atoms with Crippen molar-refractivity contribution in [2.75, 3.05) is 6.54 Å². The minimum atomic E-state index is -0.622. The lowest BCUT2D eigenvalue weighted by Gasteiger charge is -2.32. The van der Waals surface area contributed by atoms with E-state index in [0.717, 1.165) is 5.92 Å². The van der Waals surface area contributed by atoms with Crippen molar-refractivity contribution in [1.82, 2.24) is 5.32 Å². The van der Waals surface area contributed by atoms with Gasteiger partial charge in [-0.15, -0.1) is 0 Å². The van der Waals surface area contributed by atoms with Gasteiger partial charge in [0.05, 0.1) is 11.0 Å². The maximum absolute atomic E-state index is 10.5. The van der Waals surface area contributed by atoms with Crippen molar-refractivity contribution in [1.29, 1.82) is 0 Å². The Morgan fingerprint density at radius 1 is 1.42 bits per heavy atom. The van der Waals surface area contributed by atoms with E-state index in [-0.39, 0.29) is 5.69 Å². The Hall–Kier alpha value is -1.46. The molecule has 2 atom stereocenters. The van der Waals surface area contributed by atoms with E-state index in [1.54, 1.807) is 12.1 Å². The smallest absolute Gasteiger partial charge is 0.269 e. The molecule has 0 spiro atoms. The molecule has 0 saturated heterocycles. The minimum Gasteiger partial charge on any atom is -0.387 e. The van der Waals surface area contributed by atoms with Crippen LogP contribution in [0, 0.1) is 16.0 Å². The Morgan fingerprint density at radius 2 is 2.05 bits per heavy atom. The summed E-state index contributed by atoms with van der Waals surface area (Å²) < 4.78 is 0. The molecule has 104 valence electrons. The summed E-state index contributed by atoms with van der Waals surface area (Å²) in [5.74, 6) is 0.726. The standard InChI is InChI=1S/C14H20N2O3/c1-10(11-3-2-4-11)15-9-14(17)12-5-7-13(8-6-12)16(18)19/h5-8,10-11,14-15,17H,2-4,9H2,1H3. The molecule has 1 fully saturated rings. The van der Waals surface area contributed by atoms with Crippen LogP contribution in [-0.2, 0) is 0 Å². The molecule has 0 radical (unpaired) electrons. The molecule has 0 heterocycles. The number of benzene rings is 1. The quantitative estimate of drug-likeness (QED) is 0.611. The van der Waals surface area contributed by atoms with Crippen LogP contribution in [0.4, 0.5) is 5.69 Å². The van der Waals surface area contributed by atoms with E-state index in [9.17, 15) is 15.2 Å². The fraction of sp³-hybridized carbons (Fsp3) is 0.571. The highest BCUT2D eigenvalue weighted by Crippen LogP contribution is 2.29. The number of rotatable bonds is 6. The first-order valence-electron chi connectivity index (χ1n) is 6.73. The molecule has 19 heavy (non-hydrogen) atoms. The highest BCUT2D eigenvalue weighted by molar-refractivity contribution is 5.33. The lowest BCUT2D eigenvalue weighted by Crippen LogP contribution is -2.39.